The molecule has 0 atom stereocenters. The molecule has 3 aromatic rings. The Labute approximate surface area is 205 Å². The highest BCUT2D eigenvalue weighted by Gasteiger charge is 2.38. The van der Waals surface area contributed by atoms with Crippen LogP contribution in [0.15, 0.2) is 47.0 Å². The number of rotatable bonds is 6. The summed E-state index contributed by atoms with van der Waals surface area (Å²) in [6.45, 7) is 3.75. The number of aryl methyl sites for hydroxylation is 2. The summed E-state index contributed by atoms with van der Waals surface area (Å²) in [5.74, 6) is -0.516. The van der Waals surface area contributed by atoms with E-state index in [2.05, 4.69) is 60.7 Å². The first kappa shape index (κ1) is 24.4. The van der Waals surface area contributed by atoms with Crippen molar-refractivity contribution in [2.75, 3.05) is 14.1 Å². The molecular weight excluding hydrogens is 453 g/mol. The van der Waals surface area contributed by atoms with Crippen molar-refractivity contribution >= 4 is 17.5 Å². The number of hydrogen-bond acceptors (Lipinski definition) is 4. The first-order chi connectivity index (χ1) is 16.2. The molecule has 4 rings (SSSR count). The number of nitrogens with zero attached hydrogens (tertiary/aromatic N) is 2. The van der Waals surface area contributed by atoms with Crippen molar-refractivity contribution in [1.82, 2.24) is 15.4 Å². The molecule has 1 fully saturated rings. The Hall–Kier alpha value is -2.70. The van der Waals surface area contributed by atoms with E-state index in [1.165, 1.54) is 23.3 Å². The zero-order valence-electron chi connectivity index (χ0n) is 20.1. The number of benzene rings is 2. The van der Waals surface area contributed by atoms with E-state index in [1.54, 1.807) is 13.0 Å². The van der Waals surface area contributed by atoms with Crippen molar-refractivity contribution in [3.63, 3.8) is 0 Å². The maximum Gasteiger partial charge on any atom is 0.257 e. The molecule has 0 unspecified atom stereocenters. The third-order valence-electron chi connectivity index (χ3n) is 7.14. The molecular formula is C27H31ClFN3O2. The molecule has 0 aliphatic heterocycles. The molecule has 1 aliphatic carbocycles. The molecule has 1 N–H and O–H groups in total. The summed E-state index contributed by atoms with van der Waals surface area (Å²) in [5.41, 5.74) is 3.09. The molecule has 1 aliphatic rings. The van der Waals surface area contributed by atoms with Crippen LogP contribution in [0.3, 0.4) is 0 Å². The Morgan fingerprint density at radius 3 is 2.47 bits per heavy atom. The molecule has 0 radical (unpaired) electrons. The van der Waals surface area contributed by atoms with E-state index in [9.17, 15) is 9.18 Å². The third kappa shape index (κ3) is 4.89. The zero-order valence-corrected chi connectivity index (χ0v) is 20.9. The van der Waals surface area contributed by atoms with Gasteiger partial charge in [-0.2, -0.15) is 0 Å². The van der Waals surface area contributed by atoms with Crippen LogP contribution >= 0.6 is 11.6 Å². The summed E-state index contributed by atoms with van der Waals surface area (Å²) in [5, 5.41) is 7.28. The van der Waals surface area contributed by atoms with Gasteiger partial charge in [-0.1, -0.05) is 52.7 Å². The predicted octanol–water partition coefficient (Wildman–Crippen LogP) is 5.97. The average molecular weight is 484 g/mol. The minimum atomic E-state index is -0.542. The van der Waals surface area contributed by atoms with Crippen LogP contribution in [0.1, 0.15) is 52.9 Å². The topological polar surface area (TPSA) is 58.4 Å². The average Bonchev–Trinajstić information content (AvgIpc) is 3.17. The highest BCUT2D eigenvalue weighted by molar-refractivity contribution is 6.33. The monoisotopic (exact) mass is 483 g/mol. The quantitative estimate of drug-likeness (QED) is 0.469. The number of carbonyl (C=O) groups excluding carboxylic acids is 1. The molecule has 0 saturated heterocycles. The van der Waals surface area contributed by atoms with Gasteiger partial charge in [0, 0.05) is 11.6 Å². The van der Waals surface area contributed by atoms with Gasteiger partial charge in [-0.05, 0) is 77.7 Å². The Bertz CT molecular complexity index is 1140. The SMILES string of the molecule is Cc1ccc(CC2(N(C)C)CCC(NC(=O)c3c(-c4c(F)cccc4Cl)noc3C)CC2)cc1. The second-order valence-electron chi connectivity index (χ2n) is 9.59. The second kappa shape index (κ2) is 9.88. The summed E-state index contributed by atoms with van der Waals surface area (Å²) < 4.78 is 19.8. The van der Waals surface area contributed by atoms with Crippen molar-refractivity contribution in [2.24, 2.45) is 0 Å². The van der Waals surface area contributed by atoms with Gasteiger partial charge in [-0.15, -0.1) is 0 Å². The van der Waals surface area contributed by atoms with E-state index in [0.717, 1.165) is 32.1 Å². The fraction of sp³-hybridized carbons (Fsp3) is 0.407. The minimum Gasteiger partial charge on any atom is -0.360 e. The Morgan fingerprint density at radius 1 is 1.18 bits per heavy atom. The van der Waals surface area contributed by atoms with Crippen LogP contribution in [0.2, 0.25) is 5.02 Å². The van der Waals surface area contributed by atoms with Crippen molar-refractivity contribution < 1.29 is 13.7 Å². The molecule has 0 spiro atoms. The van der Waals surface area contributed by atoms with Crippen LogP contribution in [0, 0.1) is 19.7 Å². The minimum absolute atomic E-state index is 0.0248. The molecule has 2 aromatic carbocycles. The van der Waals surface area contributed by atoms with Gasteiger partial charge in [0.05, 0.1) is 10.6 Å². The van der Waals surface area contributed by atoms with E-state index in [-0.39, 0.29) is 39.3 Å². The van der Waals surface area contributed by atoms with Gasteiger partial charge in [-0.25, -0.2) is 4.39 Å². The highest BCUT2D eigenvalue weighted by Crippen LogP contribution is 2.37. The van der Waals surface area contributed by atoms with Gasteiger partial charge >= 0.3 is 0 Å². The van der Waals surface area contributed by atoms with E-state index >= 15 is 0 Å². The van der Waals surface area contributed by atoms with E-state index in [1.807, 2.05) is 0 Å². The van der Waals surface area contributed by atoms with E-state index in [4.69, 9.17) is 16.1 Å². The maximum absolute atomic E-state index is 14.5. The van der Waals surface area contributed by atoms with Gasteiger partial charge in [-0.3, -0.25) is 4.79 Å². The molecule has 0 bridgehead atoms. The Morgan fingerprint density at radius 2 is 1.85 bits per heavy atom. The van der Waals surface area contributed by atoms with Gasteiger partial charge in [0.2, 0.25) is 0 Å². The van der Waals surface area contributed by atoms with Gasteiger partial charge in [0.1, 0.15) is 22.8 Å². The lowest BCUT2D eigenvalue weighted by molar-refractivity contribution is 0.0769. The number of halogens is 2. The summed E-state index contributed by atoms with van der Waals surface area (Å²) in [7, 11) is 4.27. The number of hydrogen-bond donors (Lipinski definition) is 1. The molecule has 1 aromatic heterocycles. The molecule has 180 valence electrons. The normalized spacial score (nSPS) is 20.5. The molecule has 1 amide bonds. The van der Waals surface area contributed by atoms with Crippen LogP contribution in [0.5, 0.6) is 0 Å². The number of nitrogens with one attached hydrogen (secondary N) is 1. The molecule has 34 heavy (non-hydrogen) atoms. The number of carbonyl (C=O) groups is 1. The lowest BCUT2D eigenvalue weighted by Gasteiger charge is -2.45. The summed E-state index contributed by atoms with van der Waals surface area (Å²) in [6.07, 6.45) is 4.62. The van der Waals surface area contributed by atoms with Crippen molar-refractivity contribution in [1.29, 1.82) is 0 Å². The Balaban J connectivity index is 1.48. The smallest absolute Gasteiger partial charge is 0.257 e. The van der Waals surface area contributed by atoms with Gasteiger partial charge < -0.3 is 14.7 Å². The Kier molecular flexibility index (Phi) is 7.10. The van der Waals surface area contributed by atoms with E-state index < -0.39 is 5.82 Å². The third-order valence-corrected chi connectivity index (χ3v) is 7.46. The number of amides is 1. The number of aromatic nitrogens is 1. The van der Waals surface area contributed by atoms with Crippen LogP contribution < -0.4 is 5.32 Å². The lowest BCUT2D eigenvalue weighted by atomic mass is 9.74. The standard InChI is InChI=1S/C27H31ClFN3O2/c1-17-8-10-19(11-9-17)16-27(32(3)4)14-12-20(13-15-27)30-26(33)23-18(2)34-31-25(23)24-21(28)6-5-7-22(24)29/h5-11,20H,12-16H2,1-4H3,(H,30,33). The fourth-order valence-corrected chi connectivity index (χ4v) is 5.21. The van der Waals surface area contributed by atoms with Crippen molar-refractivity contribution in [3.8, 4) is 11.3 Å². The molecule has 7 heteroatoms. The first-order valence-electron chi connectivity index (χ1n) is 11.6. The highest BCUT2D eigenvalue weighted by atomic mass is 35.5. The summed E-state index contributed by atoms with van der Waals surface area (Å²) >= 11 is 6.22. The number of likely N-dealkylation sites (N-methyl/N-ethyl adjacent to an activating group) is 1. The molecule has 5 nitrogen and oxygen atoms in total. The van der Waals surface area contributed by atoms with E-state index in [0.29, 0.717) is 5.76 Å². The van der Waals surface area contributed by atoms with Crippen LogP contribution in [0.25, 0.3) is 11.3 Å². The van der Waals surface area contributed by atoms with Gasteiger partial charge in [0.15, 0.2) is 0 Å². The zero-order chi connectivity index (χ0) is 24.5. The maximum atomic E-state index is 14.5. The summed E-state index contributed by atoms with van der Waals surface area (Å²) in [4.78, 5) is 15.6. The van der Waals surface area contributed by atoms with Crippen LogP contribution in [-0.2, 0) is 6.42 Å². The second-order valence-corrected chi connectivity index (χ2v) is 10.00. The van der Waals surface area contributed by atoms with Crippen molar-refractivity contribution in [3.05, 3.63) is 75.8 Å². The van der Waals surface area contributed by atoms with Crippen molar-refractivity contribution in [2.45, 2.75) is 57.5 Å². The fourth-order valence-electron chi connectivity index (χ4n) is 4.96. The van der Waals surface area contributed by atoms with Gasteiger partial charge in [0.25, 0.3) is 5.91 Å². The van der Waals surface area contributed by atoms with Crippen LogP contribution in [0.4, 0.5) is 4.39 Å². The summed E-state index contributed by atoms with van der Waals surface area (Å²) in [6, 6.07) is 13.1. The predicted molar refractivity (Wildman–Crippen MR) is 133 cm³/mol. The van der Waals surface area contributed by atoms with Crippen LogP contribution in [-0.4, -0.2) is 41.6 Å². The molecule has 1 saturated carbocycles. The largest absolute Gasteiger partial charge is 0.360 e. The lowest BCUT2D eigenvalue weighted by Crippen LogP contribution is -2.52. The molecule has 1 heterocycles. The first-order valence-corrected chi connectivity index (χ1v) is 12.0.